The third kappa shape index (κ3) is 4.35. The van der Waals surface area contributed by atoms with Crippen LogP contribution in [-0.2, 0) is 21.5 Å². The minimum atomic E-state index is -3.93. The van der Waals surface area contributed by atoms with Crippen molar-refractivity contribution in [1.29, 1.82) is 0 Å². The predicted octanol–water partition coefficient (Wildman–Crippen LogP) is 3.39. The van der Waals surface area contributed by atoms with Crippen LogP contribution in [0.25, 0.3) is 0 Å². The van der Waals surface area contributed by atoms with Crippen molar-refractivity contribution in [1.82, 2.24) is 4.31 Å². The highest BCUT2D eigenvalue weighted by molar-refractivity contribution is 7.88. The summed E-state index contributed by atoms with van der Waals surface area (Å²) >= 11 is 6.07. The van der Waals surface area contributed by atoms with Crippen molar-refractivity contribution in [2.45, 2.75) is 13.5 Å². The van der Waals surface area contributed by atoms with Crippen LogP contribution in [0.15, 0.2) is 64.7 Å². The average molecular weight is 420 g/mol. The molecule has 7 nitrogen and oxygen atoms in total. The summed E-state index contributed by atoms with van der Waals surface area (Å²) in [4.78, 5) is 12.7. The Morgan fingerprint density at radius 3 is 2.50 bits per heavy atom. The van der Waals surface area contributed by atoms with E-state index in [4.69, 9.17) is 16.3 Å². The number of ether oxygens (including phenoxy) is 1. The highest BCUT2D eigenvalue weighted by Gasteiger charge is 2.28. The highest BCUT2D eigenvalue weighted by atomic mass is 35.5. The molecule has 146 valence electrons. The number of anilines is 1. The topological polar surface area (TPSA) is 88.1 Å². The van der Waals surface area contributed by atoms with Crippen LogP contribution in [0.2, 0.25) is 5.02 Å². The Morgan fingerprint density at radius 2 is 1.86 bits per heavy atom. The van der Waals surface area contributed by atoms with E-state index in [9.17, 15) is 13.2 Å². The molecule has 0 aromatic heterocycles. The van der Waals surface area contributed by atoms with Gasteiger partial charge in [0.1, 0.15) is 5.75 Å². The third-order valence-electron chi connectivity index (χ3n) is 4.08. The van der Waals surface area contributed by atoms with Crippen molar-refractivity contribution in [3.8, 4) is 5.75 Å². The van der Waals surface area contributed by atoms with E-state index in [1.807, 2.05) is 0 Å². The lowest BCUT2D eigenvalue weighted by Gasteiger charge is -2.24. The number of nitrogens with zero attached hydrogens (tertiary/aromatic N) is 2. The fourth-order valence-corrected chi connectivity index (χ4v) is 3.88. The van der Waals surface area contributed by atoms with Gasteiger partial charge in [-0.1, -0.05) is 35.9 Å². The molecule has 1 N–H and O–H groups in total. The molecule has 1 heterocycles. The van der Waals surface area contributed by atoms with Gasteiger partial charge in [0, 0.05) is 6.20 Å². The maximum atomic E-state index is 12.7. The van der Waals surface area contributed by atoms with Gasteiger partial charge in [-0.2, -0.15) is 8.42 Å². The van der Waals surface area contributed by atoms with E-state index in [-0.39, 0.29) is 17.8 Å². The second-order valence-electron chi connectivity index (χ2n) is 6.02. The Morgan fingerprint density at radius 1 is 1.18 bits per heavy atom. The van der Waals surface area contributed by atoms with E-state index in [1.165, 1.54) is 13.1 Å². The first-order valence-corrected chi connectivity index (χ1v) is 10.1. The molecule has 0 atom stereocenters. The second-order valence-corrected chi connectivity index (χ2v) is 7.98. The molecule has 0 fully saturated rings. The molecule has 0 radical (unpaired) electrons. The number of hydrogen-bond donors (Lipinski definition) is 1. The summed E-state index contributed by atoms with van der Waals surface area (Å²) in [6.45, 7) is 1.51. The van der Waals surface area contributed by atoms with E-state index in [0.29, 0.717) is 16.5 Å². The smallest absolute Gasteiger partial charge is 0.344 e. The molecule has 2 aromatic rings. The van der Waals surface area contributed by atoms with Gasteiger partial charge in [0.05, 0.1) is 35.6 Å². The van der Waals surface area contributed by atoms with Crippen LogP contribution in [0.3, 0.4) is 0 Å². The van der Waals surface area contributed by atoms with E-state index < -0.39 is 16.1 Å². The summed E-state index contributed by atoms with van der Waals surface area (Å²) in [5.41, 5.74) is 1.40. The molecular formula is C19H18ClN3O4S. The average Bonchev–Trinajstić information content (AvgIpc) is 2.66. The Labute approximate surface area is 168 Å². The zero-order chi connectivity index (χ0) is 20.3. The SMILES string of the molecule is COc1ccc(CN2C=C(C(=O)Nc3ccccc3Cl)C(C)=NS2(=O)=O)cc1. The number of hydrogen-bond acceptors (Lipinski definition) is 4. The van der Waals surface area contributed by atoms with Crippen molar-refractivity contribution in [3.05, 3.63) is 70.9 Å². The van der Waals surface area contributed by atoms with E-state index in [2.05, 4.69) is 9.71 Å². The maximum absolute atomic E-state index is 12.7. The van der Waals surface area contributed by atoms with Crippen LogP contribution in [0.1, 0.15) is 12.5 Å². The lowest BCUT2D eigenvalue weighted by molar-refractivity contribution is -0.112. The number of halogens is 1. The summed E-state index contributed by atoms with van der Waals surface area (Å²) < 4.78 is 34.7. The fraction of sp³-hybridized carbons (Fsp3) is 0.158. The quantitative estimate of drug-likeness (QED) is 0.804. The first-order chi connectivity index (χ1) is 13.3. The molecular weight excluding hydrogens is 402 g/mol. The number of rotatable bonds is 5. The Hall–Kier alpha value is -2.84. The lowest BCUT2D eigenvalue weighted by atomic mass is 10.1. The number of methoxy groups -OCH3 is 1. The largest absolute Gasteiger partial charge is 0.497 e. The van der Waals surface area contributed by atoms with Crippen molar-refractivity contribution >= 4 is 39.1 Å². The Kier molecular flexibility index (Phi) is 5.71. The zero-order valence-corrected chi connectivity index (χ0v) is 16.8. The Bertz CT molecular complexity index is 1060. The lowest BCUT2D eigenvalue weighted by Crippen LogP contribution is -2.32. The molecule has 1 amide bonds. The van der Waals surface area contributed by atoms with Crippen LogP contribution in [0.5, 0.6) is 5.75 Å². The molecule has 0 unspecified atom stereocenters. The van der Waals surface area contributed by atoms with Gasteiger partial charge in [-0.3, -0.25) is 9.10 Å². The fourth-order valence-electron chi connectivity index (χ4n) is 2.59. The molecule has 0 saturated carbocycles. The molecule has 0 saturated heterocycles. The molecule has 0 aliphatic carbocycles. The van der Waals surface area contributed by atoms with Gasteiger partial charge >= 0.3 is 10.2 Å². The number of nitrogens with one attached hydrogen (secondary N) is 1. The molecule has 1 aliphatic heterocycles. The van der Waals surface area contributed by atoms with Crippen LogP contribution in [0, 0.1) is 0 Å². The molecule has 1 aliphatic rings. The zero-order valence-electron chi connectivity index (χ0n) is 15.2. The molecule has 2 aromatic carbocycles. The van der Waals surface area contributed by atoms with Crippen molar-refractivity contribution in [2.75, 3.05) is 12.4 Å². The molecule has 0 spiro atoms. The van der Waals surface area contributed by atoms with Gasteiger partial charge in [0.15, 0.2) is 0 Å². The Balaban J connectivity index is 1.86. The van der Waals surface area contributed by atoms with Gasteiger partial charge in [-0.25, -0.2) is 0 Å². The number of para-hydroxylation sites is 1. The van der Waals surface area contributed by atoms with Crippen molar-refractivity contribution < 1.29 is 17.9 Å². The second kappa shape index (κ2) is 8.04. The van der Waals surface area contributed by atoms with Gasteiger partial charge in [-0.05, 0) is 36.8 Å². The van der Waals surface area contributed by atoms with Crippen LogP contribution in [0.4, 0.5) is 5.69 Å². The van der Waals surface area contributed by atoms with Gasteiger partial charge in [0.25, 0.3) is 5.91 Å². The summed E-state index contributed by atoms with van der Waals surface area (Å²) in [6, 6.07) is 13.7. The van der Waals surface area contributed by atoms with Crippen LogP contribution in [-0.4, -0.2) is 31.5 Å². The van der Waals surface area contributed by atoms with Crippen molar-refractivity contribution in [2.24, 2.45) is 4.40 Å². The molecule has 0 bridgehead atoms. The number of benzene rings is 2. The summed E-state index contributed by atoms with van der Waals surface area (Å²) in [7, 11) is -2.38. The summed E-state index contributed by atoms with van der Waals surface area (Å²) in [5.74, 6) is 0.165. The van der Waals surface area contributed by atoms with E-state index >= 15 is 0 Å². The summed E-state index contributed by atoms with van der Waals surface area (Å²) in [6.07, 6.45) is 1.29. The van der Waals surface area contributed by atoms with Gasteiger partial charge in [0.2, 0.25) is 0 Å². The monoisotopic (exact) mass is 419 g/mol. The maximum Gasteiger partial charge on any atom is 0.344 e. The first-order valence-electron chi connectivity index (χ1n) is 8.29. The van der Waals surface area contributed by atoms with E-state index in [0.717, 1.165) is 9.87 Å². The minimum absolute atomic E-state index is 0.0337. The van der Waals surface area contributed by atoms with Crippen molar-refractivity contribution in [3.63, 3.8) is 0 Å². The predicted molar refractivity (Wildman–Crippen MR) is 109 cm³/mol. The van der Waals surface area contributed by atoms with Crippen LogP contribution >= 0.6 is 11.6 Å². The van der Waals surface area contributed by atoms with Gasteiger partial charge < -0.3 is 10.1 Å². The number of carbonyl (C=O) groups excluding carboxylic acids is 1. The van der Waals surface area contributed by atoms with Gasteiger partial charge in [-0.15, -0.1) is 4.40 Å². The number of carbonyl (C=O) groups is 1. The number of amides is 1. The normalized spacial score (nSPS) is 15.5. The molecule has 9 heteroatoms. The van der Waals surface area contributed by atoms with Crippen LogP contribution < -0.4 is 10.1 Å². The third-order valence-corrected chi connectivity index (χ3v) is 5.74. The molecule has 3 rings (SSSR count). The van der Waals surface area contributed by atoms with E-state index in [1.54, 1.807) is 55.6 Å². The highest BCUT2D eigenvalue weighted by Crippen LogP contribution is 2.24. The first kappa shape index (κ1) is 19.9. The standard InChI is InChI=1S/C19H18ClN3O4S/c1-13-16(19(24)21-18-6-4-3-5-17(18)20)12-23(28(25,26)22-13)11-14-7-9-15(27-2)10-8-14/h3-10,12H,11H2,1-2H3,(H,21,24). The molecule has 28 heavy (non-hydrogen) atoms. The minimum Gasteiger partial charge on any atom is -0.497 e. The summed E-state index contributed by atoms with van der Waals surface area (Å²) in [5, 5.41) is 3.06.